The zero-order valence-electron chi connectivity index (χ0n) is 12.6. The smallest absolute Gasteiger partial charge is 0.263 e. The number of nitrogens with one attached hydrogen (secondary N) is 1. The molecule has 1 fully saturated rings. The van der Waals surface area contributed by atoms with Crippen LogP contribution in [0, 0.1) is 0 Å². The summed E-state index contributed by atoms with van der Waals surface area (Å²) in [7, 11) is 0. The maximum Gasteiger partial charge on any atom is 0.263 e. The van der Waals surface area contributed by atoms with Gasteiger partial charge in [0.15, 0.2) is 0 Å². The van der Waals surface area contributed by atoms with E-state index in [4.69, 9.17) is 10.6 Å². The first-order valence-electron chi connectivity index (χ1n) is 7.70. The molecule has 0 radical (unpaired) electrons. The molecule has 1 aliphatic rings. The first-order valence-corrected chi connectivity index (χ1v) is 7.70. The number of ether oxygens (including phenoxy) is 1. The van der Waals surface area contributed by atoms with E-state index in [0.717, 1.165) is 38.8 Å². The Bertz CT molecular complexity index is 438. The third-order valence-corrected chi connectivity index (χ3v) is 3.87. The summed E-state index contributed by atoms with van der Waals surface area (Å²) in [5.74, 6) is 4.94. The van der Waals surface area contributed by atoms with Crippen LogP contribution in [0.2, 0.25) is 0 Å². The van der Waals surface area contributed by atoms with Gasteiger partial charge in [-0.1, -0.05) is 31.5 Å². The molecule has 1 saturated heterocycles. The van der Waals surface area contributed by atoms with Crippen molar-refractivity contribution in [3.8, 4) is 0 Å². The summed E-state index contributed by atoms with van der Waals surface area (Å²) in [6.07, 6.45) is 3.63. The molecule has 2 rings (SSSR count). The normalized spacial score (nSPS) is 21.2. The van der Waals surface area contributed by atoms with Crippen LogP contribution in [0.15, 0.2) is 30.3 Å². The van der Waals surface area contributed by atoms with Gasteiger partial charge in [0.2, 0.25) is 0 Å². The summed E-state index contributed by atoms with van der Waals surface area (Å²) in [4.78, 5) is 13.9. The van der Waals surface area contributed by atoms with Crippen LogP contribution in [-0.2, 0) is 9.53 Å². The van der Waals surface area contributed by atoms with Crippen molar-refractivity contribution in [1.82, 2.24) is 5.43 Å². The summed E-state index contributed by atoms with van der Waals surface area (Å²) < 4.78 is 5.81. The van der Waals surface area contributed by atoms with Crippen LogP contribution in [-0.4, -0.2) is 31.2 Å². The van der Waals surface area contributed by atoms with Crippen molar-refractivity contribution < 1.29 is 9.53 Å². The molecule has 0 saturated carbocycles. The lowest BCUT2D eigenvalue weighted by Crippen LogP contribution is -2.40. The number of hydrogen-bond acceptors (Lipinski definition) is 4. The first-order chi connectivity index (χ1) is 10.2. The Morgan fingerprint density at radius 1 is 1.38 bits per heavy atom. The Kier molecular flexibility index (Phi) is 6.02. The predicted octanol–water partition coefficient (Wildman–Crippen LogP) is 1.83. The Labute approximate surface area is 126 Å². The van der Waals surface area contributed by atoms with Gasteiger partial charge in [-0.15, -0.1) is 0 Å². The number of carbonyl (C=O) groups is 1. The highest BCUT2D eigenvalue weighted by Crippen LogP contribution is 2.23. The number of hydrogen-bond donors (Lipinski definition) is 2. The van der Waals surface area contributed by atoms with Gasteiger partial charge in [0.25, 0.3) is 5.91 Å². The molecule has 2 unspecified atom stereocenters. The molecule has 2 atom stereocenters. The molecule has 0 bridgehead atoms. The van der Waals surface area contributed by atoms with E-state index in [0.29, 0.717) is 0 Å². The van der Waals surface area contributed by atoms with Gasteiger partial charge in [-0.25, -0.2) is 5.84 Å². The lowest BCUT2D eigenvalue weighted by atomic mass is 10.1. The van der Waals surface area contributed by atoms with Gasteiger partial charge in [0, 0.05) is 18.8 Å². The van der Waals surface area contributed by atoms with E-state index >= 15 is 0 Å². The van der Waals surface area contributed by atoms with Crippen molar-refractivity contribution in [2.75, 3.05) is 18.0 Å². The van der Waals surface area contributed by atoms with Gasteiger partial charge in [-0.05, 0) is 31.4 Å². The monoisotopic (exact) mass is 291 g/mol. The molecule has 1 amide bonds. The Hall–Kier alpha value is -1.59. The lowest BCUT2D eigenvalue weighted by Gasteiger charge is -2.27. The number of carbonyl (C=O) groups excluding carboxylic acids is 1. The second kappa shape index (κ2) is 8.00. The average Bonchev–Trinajstić information content (AvgIpc) is 3.00. The number of benzene rings is 1. The second-order valence-corrected chi connectivity index (χ2v) is 5.47. The number of unbranched alkanes of at least 4 members (excludes halogenated alkanes) is 1. The van der Waals surface area contributed by atoms with E-state index in [-0.39, 0.29) is 12.0 Å². The van der Waals surface area contributed by atoms with Crippen LogP contribution in [0.5, 0.6) is 0 Å². The zero-order chi connectivity index (χ0) is 15.1. The maximum atomic E-state index is 11.5. The molecule has 0 spiro atoms. The fourth-order valence-corrected chi connectivity index (χ4v) is 2.69. The van der Waals surface area contributed by atoms with Crippen molar-refractivity contribution in [1.29, 1.82) is 0 Å². The highest BCUT2D eigenvalue weighted by molar-refractivity contribution is 5.80. The number of amides is 1. The minimum absolute atomic E-state index is 0.0874. The van der Waals surface area contributed by atoms with Gasteiger partial charge in [0.05, 0.1) is 6.10 Å². The number of nitrogens with two attached hydrogens (primary N) is 1. The molecule has 1 heterocycles. The van der Waals surface area contributed by atoms with Gasteiger partial charge < -0.3 is 9.64 Å². The lowest BCUT2D eigenvalue weighted by molar-refractivity contribution is -0.131. The minimum atomic E-state index is -0.399. The molecule has 5 heteroatoms. The number of nitrogens with zero attached hydrogens (tertiary/aromatic N) is 1. The van der Waals surface area contributed by atoms with Crippen molar-refractivity contribution >= 4 is 11.6 Å². The Morgan fingerprint density at radius 3 is 2.81 bits per heavy atom. The Balaban J connectivity index is 1.95. The van der Waals surface area contributed by atoms with Crippen molar-refractivity contribution in [3.05, 3.63) is 30.3 Å². The molecule has 1 aromatic carbocycles. The highest BCUT2D eigenvalue weighted by Gasteiger charge is 2.31. The van der Waals surface area contributed by atoms with Gasteiger partial charge >= 0.3 is 0 Å². The van der Waals surface area contributed by atoms with E-state index in [1.165, 1.54) is 5.69 Å². The number of anilines is 1. The molecular weight excluding hydrogens is 266 g/mol. The standard InChI is InChI=1S/C16H25N3O2/c1-2-3-11-19(13-7-5-4-6-8-13)12-14-9-10-15(21-14)16(20)18-17/h4-8,14-15H,2-3,9-12,17H2,1H3,(H,18,20). The zero-order valence-corrected chi connectivity index (χ0v) is 12.6. The fraction of sp³-hybridized carbons (Fsp3) is 0.562. The quantitative estimate of drug-likeness (QED) is 0.457. The van der Waals surface area contributed by atoms with Crippen LogP contribution in [0.3, 0.4) is 0 Å². The van der Waals surface area contributed by atoms with Gasteiger partial charge in [-0.3, -0.25) is 10.2 Å². The molecule has 5 nitrogen and oxygen atoms in total. The van der Waals surface area contributed by atoms with Crippen LogP contribution in [0.4, 0.5) is 5.69 Å². The molecule has 0 aliphatic carbocycles. The summed E-state index contributed by atoms with van der Waals surface area (Å²) >= 11 is 0. The second-order valence-electron chi connectivity index (χ2n) is 5.47. The molecule has 21 heavy (non-hydrogen) atoms. The molecule has 1 aliphatic heterocycles. The van der Waals surface area contributed by atoms with Gasteiger partial charge in [-0.2, -0.15) is 0 Å². The topological polar surface area (TPSA) is 67.6 Å². The average molecular weight is 291 g/mol. The van der Waals surface area contributed by atoms with Gasteiger partial charge in [0.1, 0.15) is 6.10 Å². The van der Waals surface area contributed by atoms with E-state index in [9.17, 15) is 4.79 Å². The maximum absolute atomic E-state index is 11.5. The van der Waals surface area contributed by atoms with Crippen LogP contribution < -0.4 is 16.2 Å². The summed E-state index contributed by atoms with van der Waals surface area (Å²) in [5, 5.41) is 0. The number of hydrazine groups is 1. The van der Waals surface area contributed by atoms with Crippen LogP contribution in [0.25, 0.3) is 0 Å². The van der Waals surface area contributed by atoms with Crippen molar-refractivity contribution in [3.63, 3.8) is 0 Å². The van der Waals surface area contributed by atoms with Crippen LogP contribution in [0.1, 0.15) is 32.6 Å². The molecule has 116 valence electrons. The third kappa shape index (κ3) is 4.44. The van der Waals surface area contributed by atoms with Crippen molar-refractivity contribution in [2.45, 2.75) is 44.8 Å². The SMILES string of the molecule is CCCCN(CC1CCC(C(=O)NN)O1)c1ccccc1. The van der Waals surface area contributed by atoms with E-state index < -0.39 is 6.10 Å². The fourth-order valence-electron chi connectivity index (χ4n) is 2.69. The third-order valence-electron chi connectivity index (χ3n) is 3.87. The molecule has 3 N–H and O–H groups in total. The highest BCUT2D eigenvalue weighted by atomic mass is 16.5. The Morgan fingerprint density at radius 2 is 2.14 bits per heavy atom. The number of para-hydroxylation sites is 1. The van der Waals surface area contributed by atoms with E-state index in [2.05, 4.69) is 41.5 Å². The summed E-state index contributed by atoms with van der Waals surface area (Å²) in [6, 6.07) is 10.4. The summed E-state index contributed by atoms with van der Waals surface area (Å²) in [6.45, 7) is 4.02. The number of rotatable bonds is 7. The molecular formula is C16H25N3O2. The largest absolute Gasteiger partial charge is 0.369 e. The first kappa shape index (κ1) is 15.8. The van der Waals surface area contributed by atoms with Crippen molar-refractivity contribution in [2.24, 2.45) is 5.84 Å². The van der Waals surface area contributed by atoms with E-state index in [1.807, 2.05) is 6.07 Å². The van der Waals surface area contributed by atoms with Crippen LogP contribution >= 0.6 is 0 Å². The molecule has 0 aromatic heterocycles. The predicted molar refractivity (Wildman–Crippen MR) is 83.8 cm³/mol. The summed E-state index contributed by atoms with van der Waals surface area (Å²) in [5.41, 5.74) is 3.38. The minimum Gasteiger partial charge on any atom is -0.369 e. The van der Waals surface area contributed by atoms with E-state index in [1.54, 1.807) is 0 Å². The molecule has 1 aromatic rings.